The van der Waals surface area contributed by atoms with Gasteiger partial charge in [-0.3, -0.25) is 4.79 Å². The number of nitrogens with one attached hydrogen (secondary N) is 1. The molecule has 2 fully saturated rings. The maximum atomic E-state index is 12.2. The van der Waals surface area contributed by atoms with Gasteiger partial charge < -0.3 is 15.3 Å². The summed E-state index contributed by atoms with van der Waals surface area (Å²) in [6.45, 7) is 3.95. The van der Waals surface area contributed by atoms with Crippen LogP contribution in [0.25, 0.3) is 0 Å². The Hall–Kier alpha value is -0.610. The molecule has 0 radical (unpaired) electrons. The van der Waals surface area contributed by atoms with Crippen LogP contribution in [-0.2, 0) is 4.79 Å². The molecule has 2 rings (SSSR count). The van der Waals surface area contributed by atoms with Crippen LogP contribution in [0.4, 0.5) is 0 Å². The lowest BCUT2D eigenvalue weighted by Gasteiger charge is -2.27. The van der Waals surface area contributed by atoms with E-state index in [1.807, 2.05) is 4.90 Å². The molecule has 0 aromatic rings. The van der Waals surface area contributed by atoms with Gasteiger partial charge in [0.25, 0.3) is 0 Å². The van der Waals surface area contributed by atoms with E-state index >= 15 is 0 Å². The molecule has 3 atom stereocenters. The first kappa shape index (κ1) is 10.9. The van der Waals surface area contributed by atoms with Crippen LogP contribution in [0, 0.1) is 5.92 Å². The van der Waals surface area contributed by atoms with Crippen molar-refractivity contribution in [3.63, 3.8) is 0 Å². The van der Waals surface area contributed by atoms with E-state index in [1.165, 1.54) is 0 Å². The van der Waals surface area contributed by atoms with Crippen LogP contribution in [0.1, 0.15) is 26.2 Å². The molecule has 2 N–H and O–H groups in total. The van der Waals surface area contributed by atoms with E-state index in [0.717, 1.165) is 32.4 Å². The molecular weight excluding hydrogens is 192 g/mol. The topological polar surface area (TPSA) is 52.6 Å². The Balaban J connectivity index is 2.00. The summed E-state index contributed by atoms with van der Waals surface area (Å²) in [6.07, 6.45) is 2.93. The molecule has 2 aliphatic rings. The monoisotopic (exact) mass is 212 g/mol. The van der Waals surface area contributed by atoms with Crippen LogP contribution in [-0.4, -0.2) is 47.7 Å². The molecule has 2 heterocycles. The fraction of sp³-hybridized carbons (Fsp3) is 0.909. The van der Waals surface area contributed by atoms with Crippen molar-refractivity contribution in [1.82, 2.24) is 10.2 Å². The Morgan fingerprint density at radius 1 is 1.53 bits per heavy atom. The van der Waals surface area contributed by atoms with E-state index in [-0.39, 0.29) is 30.5 Å². The number of aliphatic hydroxyl groups excluding tert-OH is 1. The number of hydrogen-bond acceptors (Lipinski definition) is 3. The summed E-state index contributed by atoms with van der Waals surface area (Å²) in [6, 6.07) is 0.364. The molecule has 0 aliphatic carbocycles. The molecular formula is C11H20N2O2. The summed E-state index contributed by atoms with van der Waals surface area (Å²) >= 11 is 0. The van der Waals surface area contributed by atoms with Crippen molar-refractivity contribution in [3.8, 4) is 0 Å². The van der Waals surface area contributed by atoms with Crippen molar-refractivity contribution in [1.29, 1.82) is 0 Å². The smallest absolute Gasteiger partial charge is 0.227 e. The number of hydrogen-bond donors (Lipinski definition) is 2. The lowest BCUT2D eigenvalue weighted by Crippen LogP contribution is -2.44. The van der Waals surface area contributed by atoms with Crippen molar-refractivity contribution in [2.24, 2.45) is 5.92 Å². The van der Waals surface area contributed by atoms with Gasteiger partial charge in [-0.1, -0.05) is 0 Å². The third-order valence-electron chi connectivity index (χ3n) is 3.71. The van der Waals surface area contributed by atoms with E-state index in [4.69, 9.17) is 0 Å². The molecule has 1 amide bonds. The average Bonchev–Trinajstić information content (AvgIpc) is 2.84. The molecule has 2 aliphatic heterocycles. The molecule has 4 nitrogen and oxygen atoms in total. The van der Waals surface area contributed by atoms with Crippen molar-refractivity contribution in [3.05, 3.63) is 0 Å². The highest BCUT2D eigenvalue weighted by atomic mass is 16.3. The van der Waals surface area contributed by atoms with Crippen molar-refractivity contribution in [2.45, 2.75) is 38.3 Å². The zero-order valence-electron chi connectivity index (χ0n) is 9.28. The minimum atomic E-state index is 0.0744. The molecule has 4 heteroatoms. The zero-order chi connectivity index (χ0) is 10.8. The van der Waals surface area contributed by atoms with Crippen molar-refractivity contribution in [2.75, 3.05) is 19.7 Å². The molecule has 0 bridgehead atoms. The minimum absolute atomic E-state index is 0.0744. The van der Waals surface area contributed by atoms with Gasteiger partial charge in [-0.15, -0.1) is 0 Å². The SMILES string of the molecule is CC1NCCC1C(=O)N1CCC[C@H]1CO. The van der Waals surface area contributed by atoms with Gasteiger partial charge in [-0.2, -0.15) is 0 Å². The first-order valence-electron chi connectivity index (χ1n) is 5.88. The molecule has 2 unspecified atom stereocenters. The molecule has 0 aromatic carbocycles. The van der Waals surface area contributed by atoms with Gasteiger partial charge in [-0.25, -0.2) is 0 Å². The third-order valence-corrected chi connectivity index (χ3v) is 3.71. The van der Waals surface area contributed by atoms with Gasteiger partial charge in [0.1, 0.15) is 0 Å². The van der Waals surface area contributed by atoms with Crippen LogP contribution >= 0.6 is 0 Å². The largest absolute Gasteiger partial charge is 0.394 e. The number of amides is 1. The van der Waals surface area contributed by atoms with E-state index in [9.17, 15) is 9.90 Å². The fourth-order valence-electron chi connectivity index (χ4n) is 2.72. The minimum Gasteiger partial charge on any atom is -0.394 e. The summed E-state index contributed by atoms with van der Waals surface area (Å²) in [5.41, 5.74) is 0. The van der Waals surface area contributed by atoms with Crippen LogP contribution < -0.4 is 5.32 Å². The highest BCUT2D eigenvalue weighted by Gasteiger charge is 2.36. The van der Waals surface area contributed by atoms with E-state index in [1.54, 1.807) is 0 Å². The van der Waals surface area contributed by atoms with Crippen LogP contribution in [0.5, 0.6) is 0 Å². The first-order valence-corrected chi connectivity index (χ1v) is 5.88. The summed E-state index contributed by atoms with van der Waals surface area (Å²) in [4.78, 5) is 14.1. The van der Waals surface area contributed by atoms with E-state index < -0.39 is 0 Å². The molecule has 2 saturated heterocycles. The Labute approximate surface area is 90.6 Å². The Morgan fingerprint density at radius 3 is 2.93 bits per heavy atom. The highest BCUT2D eigenvalue weighted by molar-refractivity contribution is 5.80. The second-order valence-corrected chi connectivity index (χ2v) is 4.65. The number of carbonyl (C=O) groups is 1. The Bertz CT molecular complexity index is 245. The number of rotatable bonds is 2. The average molecular weight is 212 g/mol. The molecule has 15 heavy (non-hydrogen) atoms. The van der Waals surface area contributed by atoms with Gasteiger partial charge in [0.15, 0.2) is 0 Å². The number of nitrogens with zero attached hydrogens (tertiary/aromatic N) is 1. The van der Waals surface area contributed by atoms with Gasteiger partial charge in [0.2, 0.25) is 5.91 Å². The number of aliphatic hydroxyl groups is 1. The maximum absolute atomic E-state index is 12.2. The van der Waals surface area contributed by atoms with Gasteiger partial charge in [-0.05, 0) is 32.7 Å². The van der Waals surface area contributed by atoms with Gasteiger partial charge in [0.05, 0.1) is 18.6 Å². The Morgan fingerprint density at radius 2 is 2.33 bits per heavy atom. The third kappa shape index (κ3) is 2.01. The summed E-state index contributed by atoms with van der Waals surface area (Å²) in [5, 5.41) is 12.5. The standard InChI is InChI=1S/C11H20N2O2/c1-8-10(4-5-12-8)11(15)13-6-2-3-9(13)7-14/h8-10,12,14H,2-7H2,1H3/t8?,9-,10?/m0/s1. The van der Waals surface area contributed by atoms with Crippen molar-refractivity contribution >= 4 is 5.91 Å². The summed E-state index contributed by atoms with van der Waals surface area (Å²) in [7, 11) is 0. The van der Waals surface area contributed by atoms with Gasteiger partial charge in [0, 0.05) is 12.6 Å². The number of carbonyl (C=O) groups excluding carboxylic acids is 1. The quantitative estimate of drug-likeness (QED) is 0.676. The molecule has 0 spiro atoms. The predicted octanol–water partition coefficient (Wildman–Crippen LogP) is -0.0323. The Kier molecular flexibility index (Phi) is 3.26. The lowest BCUT2D eigenvalue weighted by molar-refractivity contribution is -0.137. The normalized spacial score (nSPS) is 36.1. The van der Waals surface area contributed by atoms with E-state index in [2.05, 4.69) is 12.2 Å². The number of likely N-dealkylation sites (tertiary alicyclic amines) is 1. The summed E-state index contributed by atoms with van der Waals surface area (Å²) < 4.78 is 0. The first-order chi connectivity index (χ1) is 7.24. The highest BCUT2D eigenvalue weighted by Crippen LogP contribution is 2.24. The maximum Gasteiger partial charge on any atom is 0.227 e. The van der Waals surface area contributed by atoms with Crippen LogP contribution in [0.15, 0.2) is 0 Å². The lowest BCUT2D eigenvalue weighted by atomic mass is 10.00. The predicted molar refractivity (Wildman–Crippen MR) is 57.4 cm³/mol. The van der Waals surface area contributed by atoms with Crippen molar-refractivity contribution < 1.29 is 9.90 Å². The van der Waals surface area contributed by atoms with E-state index in [0.29, 0.717) is 0 Å². The van der Waals surface area contributed by atoms with Crippen LogP contribution in [0.3, 0.4) is 0 Å². The molecule has 0 saturated carbocycles. The second kappa shape index (κ2) is 4.49. The fourth-order valence-corrected chi connectivity index (χ4v) is 2.72. The molecule has 86 valence electrons. The zero-order valence-corrected chi connectivity index (χ0v) is 9.28. The molecule has 0 aromatic heterocycles. The van der Waals surface area contributed by atoms with Crippen LogP contribution in [0.2, 0.25) is 0 Å². The van der Waals surface area contributed by atoms with Gasteiger partial charge >= 0.3 is 0 Å². The summed E-state index contributed by atoms with van der Waals surface area (Å²) in [5.74, 6) is 0.362. The second-order valence-electron chi connectivity index (χ2n) is 4.65.